The van der Waals surface area contributed by atoms with E-state index < -0.39 is 0 Å². The van der Waals surface area contributed by atoms with Crippen LogP contribution in [0.3, 0.4) is 0 Å². The van der Waals surface area contributed by atoms with Gasteiger partial charge in [0.25, 0.3) is 0 Å². The maximum atomic E-state index is 12.4. The van der Waals surface area contributed by atoms with Crippen LogP contribution in [0.4, 0.5) is 0 Å². The number of benzene rings is 4. The number of Topliss-reactive ketones (excluding diaryl/α,β-unsaturated/α-hetero) is 3. The van der Waals surface area contributed by atoms with Crippen molar-refractivity contribution in [1.82, 2.24) is 39.1 Å². The van der Waals surface area contributed by atoms with E-state index in [9.17, 15) is 19.2 Å². The summed E-state index contributed by atoms with van der Waals surface area (Å²) in [5.41, 5.74) is 20.5. The van der Waals surface area contributed by atoms with Crippen LogP contribution in [-0.4, -0.2) is 62.3 Å². The molecule has 0 aliphatic heterocycles. The number of allylic oxidation sites excluding steroid dienone is 6. The molecule has 0 radical (unpaired) electrons. The van der Waals surface area contributed by atoms with Crippen molar-refractivity contribution in [2.75, 3.05) is 0 Å². The van der Waals surface area contributed by atoms with Crippen molar-refractivity contribution >= 4 is 45.7 Å². The molecule has 0 bridgehead atoms. The first-order valence-corrected chi connectivity index (χ1v) is 35.4. The Morgan fingerprint density at radius 1 is 0.438 bits per heavy atom. The largest absolute Gasteiger partial charge is 0.299 e. The van der Waals surface area contributed by atoms with Gasteiger partial charge < -0.3 is 0 Å². The molecular weight excluding hydrogens is 1300 g/mol. The fourth-order valence-electron chi connectivity index (χ4n) is 19.1. The maximum Gasteiger partial charge on any atom is 0.171 e. The molecule has 8 aliphatic carbocycles. The van der Waals surface area contributed by atoms with Crippen LogP contribution >= 0.6 is 22.6 Å². The fourth-order valence-corrected chi connectivity index (χ4v) is 20.3. The number of aromatic nitrogens is 8. The van der Waals surface area contributed by atoms with Crippen LogP contribution in [0, 0.1) is 47.3 Å². The molecule has 4 heterocycles. The summed E-state index contributed by atoms with van der Waals surface area (Å²) in [5.74, 6) is 3.18. The molecule has 502 valence electrons. The van der Waals surface area contributed by atoms with Crippen LogP contribution in [0.5, 0.6) is 0 Å². The molecule has 13 heteroatoms. The van der Waals surface area contributed by atoms with Gasteiger partial charge in [-0.2, -0.15) is 20.4 Å². The van der Waals surface area contributed by atoms with Gasteiger partial charge in [0.15, 0.2) is 17.3 Å². The van der Waals surface area contributed by atoms with Crippen LogP contribution in [0.15, 0.2) is 155 Å². The number of aryl methyl sites for hydroxylation is 4. The topological polar surface area (TPSA) is 140 Å². The molecule has 0 N–H and O–H groups in total. The standard InChI is InChI=1S/C21H24N2O.C20H21IN2O.C20H24N2O.C20H22N2O.2CH4/c1-13-12-21(3)17(14(2)19(13)24)11-10-16-18(23(4)22-20(16)21)15-8-6-5-7-9-15;1-12-15-10-9-14-17(13-7-5-4-6-8-13)23(3)22-19(14)20(15,2)11-16(21)18(12)24;2*1-13-16-10-9-15-18(14-7-5-4-6-8-14)22(3)21-19(15)20(16,2)12-11-17(13)23;;/h5-9,12,14,17H,10-11H2,1-4H3;4-8,11-12,15H,9-10H2,1-3H3;4-8,13,16H,9-12H2,1-3H3;4-8,11-13,16H,9-10H2,1-3H3;2*1H4/t14-,17-,21-;12-,15-,20-;2*13-,16-,20-;;/m0000../s1/i;;;;1T;. The number of carbonyl (C=O) groups excluding carboxylic acids is 4. The molecule has 0 amide bonds. The van der Waals surface area contributed by atoms with Crippen LogP contribution < -0.4 is 0 Å². The number of nitrogens with zero attached hydrogens (tertiary/aromatic N) is 8. The summed E-state index contributed by atoms with van der Waals surface area (Å²) in [4.78, 5) is 49.1. The third-order valence-corrected chi connectivity index (χ3v) is 24.9. The lowest BCUT2D eigenvalue weighted by Gasteiger charge is -2.46. The highest BCUT2D eigenvalue weighted by Crippen LogP contribution is 2.56. The van der Waals surface area contributed by atoms with E-state index in [2.05, 4.69) is 211 Å². The summed E-state index contributed by atoms with van der Waals surface area (Å²) in [6.07, 6.45) is 18.1. The lowest BCUT2D eigenvalue weighted by molar-refractivity contribution is -0.129. The molecule has 1 saturated carbocycles. The molecule has 8 aromatic rings. The van der Waals surface area contributed by atoms with Crippen LogP contribution in [0.2, 0.25) is 0 Å². The number of hydrogen-bond donors (Lipinski definition) is 0. The summed E-state index contributed by atoms with van der Waals surface area (Å²) in [7, 11) is 9.40. The zero-order valence-electron chi connectivity index (χ0n) is 59.1. The SMILES string of the molecule is C.CC1=C[C@]2(C)c3nn(C)c(-c4ccccc4)c3CC[C@H]2[C@H](C)C1=O.C[C@@H]1C(=O)C(I)=C[C@]2(C)c3nn(C)c(-c4ccccc4)c3CC[C@@H]12.C[C@@H]1C(=O)C=C[C@]2(C)c3nn(C)c(-c4ccccc4)c3CC[C@@H]12.C[C@@H]1C(=O)CC[C@]2(C)c3nn(C)c(-c4ccccc4)c3CC[C@@H]12.[3H]C. The van der Waals surface area contributed by atoms with Gasteiger partial charge in [-0.25, -0.2) is 0 Å². The van der Waals surface area contributed by atoms with Crippen molar-refractivity contribution in [1.29, 1.82) is 0 Å². The molecule has 12 atom stereocenters. The minimum Gasteiger partial charge on any atom is -0.299 e. The summed E-state index contributed by atoms with van der Waals surface area (Å²) in [6.45, 7) is 19.4. The number of ketones is 4. The van der Waals surface area contributed by atoms with Crippen LogP contribution in [0.25, 0.3) is 45.0 Å². The molecule has 0 unspecified atom stereocenters. The molecule has 1 fully saturated rings. The molecule has 0 spiro atoms. The van der Waals surface area contributed by atoms with Crippen molar-refractivity contribution in [2.45, 2.75) is 163 Å². The molecule has 0 saturated heterocycles. The van der Waals surface area contributed by atoms with E-state index in [1.54, 1.807) is 6.08 Å². The van der Waals surface area contributed by atoms with Gasteiger partial charge in [0.2, 0.25) is 0 Å². The van der Waals surface area contributed by atoms with E-state index >= 15 is 0 Å². The first-order chi connectivity index (χ1) is 45.9. The first kappa shape index (κ1) is 68.3. The van der Waals surface area contributed by atoms with E-state index in [0.29, 0.717) is 47.4 Å². The smallest absolute Gasteiger partial charge is 0.171 e. The number of fused-ring (bicyclic) bond motifs is 12. The molecule has 4 aromatic carbocycles. The van der Waals surface area contributed by atoms with E-state index in [1.807, 2.05) is 60.3 Å². The van der Waals surface area contributed by atoms with Gasteiger partial charge in [0.1, 0.15) is 5.78 Å². The van der Waals surface area contributed by atoms with Crippen molar-refractivity contribution in [3.63, 3.8) is 0 Å². The van der Waals surface area contributed by atoms with E-state index in [-0.39, 0.29) is 58.5 Å². The van der Waals surface area contributed by atoms with Crippen LogP contribution in [0.1, 0.15) is 162 Å². The second kappa shape index (κ2) is 26.6. The van der Waals surface area contributed by atoms with Crippen molar-refractivity contribution in [2.24, 2.45) is 75.5 Å². The molecule has 4 aromatic heterocycles. The summed E-state index contributed by atoms with van der Waals surface area (Å²) in [5, 5.41) is 19.7. The summed E-state index contributed by atoms with van der Waals surface area (Å²) >= 11 is 2.20. The van der Waals surface area contributed by atoms with Gasteiger partial charge in [-0.15, -0.1) is 0 Å². The van der Waals surface area contributed by atoms with Gasteiger partial charge in [-0.3, -0.25) is 37.9 Å². The second-order valence-corrected chi connectivity index (χ2v) is 30.6. The van der Waals surface area contributed by atoms with Gasteiger partial charge in [-0.05, 0) is 123 Å². The van der Waals surface area contributed by atoms with E-state index in [1.165, 1.54) is 86.1 Å². The third kappa shape index (κ3) is 11.5. The van der Waals surface area contributed by atoms with Gasteiger partial charge >= 0.3 is 0 Å². The highest BCUT2D eigenvalue weighted by atomic mass is 127. The minimum absolute atomic E-state index is 0. The van der Waals surface area contributed by atoms with E-state index in [4.69, 9.17) is 21.8 Å². The highest BCUT2D eigenvalue weighted by Gasteiger charge is 2.53. The summed E-state index contributed by atoms with van der Waals surface area (Å²) in [6, 6.07) is 42.0. The zero-order chi connectivity index (χ0) is 68.5. The molecule has 96 heavy (non-hydrogen) atoms. The number of hydrogen-bond acceptors (Lipinski definition) is 8. The van der Waals surface area contributed by atoms with E-state index in [0.717, 1.165) is 78.3 Å². The average Bonchev–Trinajstić information content (AvgIpc) is 1.68. The third-order valence-electron chi connectivity index (χ3n) is 24.0. The fraction of sp³-hybridized carbons (Fsp3) is 0.446. The Morgan fingerprint density at radius 2 is 0.771 bits per heavy atom. The van der Waals surface area contributed by atoms with Crippen LogP contribution in [-0.2, 0) is 94.7 Å². The predicted octanol–water partition coefficient (Wildman–Crippen LogP) is 17.4. The number of rotatable bonds is 4. The second-order valence-electron chi connectivity index (χ2n) is 29.4. The van der Waals surface area contributed by atoms with Crippen molar-refractivity contribution < 1.29 is 20.5 Å². The first-order valence-electron chi connectivity index (χ1n) is 35.3. The Morgan fingerprint density at radius 3 is 1.18 bits per heavy atom. The Labute approximate surface area is 585 Å². The zero-order valence-corrected chi connectivity index (χ0v) is 60.3. The monoisotopic (exact) mass is 1400 g/mol. The minimum atomic E-state index is -0.151. The molecule has 12 nitrogen and oxygen atoms in total. The predicted molar refractivity (Wildman–Crippen MR) is 396 cm³/mol. The number of carbonyl (C=O) groups is 4. The van der Waals surface area contributed by atoms with Crippen molar-refractivity contribution in [3.8, 4) is 45.0 Å². The summed E-state index contributed by atoms with van der Waals surface area (Å²) < 4.78 is 14.7. The average molecular weight is 1400 g/mol. The Bertz CT molecular complexity index is 4240. The van der Waals surface area contributed by atoms with Gasteiger partial charge in [0.05, 0.1) is 49.1 Å². The Balaban J connectivity index is 0.000000130. The Hall–Kier alpha value is -7.65. The quantitative estimate of drug-likeness (QED) is 0.159. The maximum absolute atomic E-state index is 12.4. The highest BCUT2D eigenvalue weighted by molar-refractivity contribution is 14.1. The van der Waals surface area contributed by atoms with Gasteiger partial charge in [0, 0.05) is 126 Å². The molecular formula is C83H99IN8O4. The molecule has 8 aliphatic rings. The molecule has 16 rings (SSSR count). The lowest BCUT2D eigenvalue weighted by Crippen LogP contribution is -2.46. The Kier molecular flexibility index (Phi) is 19.0. The van der Waals surface area contributed by atoms with Crippen molar-refractivity contribution in [3.05, 3.63) is 200 Å². The number of halogens is 1. The van der Waals surface area contributed by atoms with Gasteiger partial charge in [-0.1, -0.05) is 210 Å². The normalized spacial score (nSPS) is 28.8. The lowest BCUT2D eigenvalue weighted by atomic mass is 9.56.